The van der Waals surface area contributed by atoms with Crippen LogP contribution in [0.4, 0.5) is 13.2 Å². The van der Waals surface area contributed by atoms with Gasteiger partial charge in [0.25, 0.3) is 0 Å². The summed E-state index contributed by atoms with van der Waals surface area (Å²) in [6.45, 7) is 1.44. The first-order chi connectivity index (χ1) is 11.0. The zero-order chi connectivity index (χ0) is 16.4. The van der Waals surface area contributed by atoms with Crippen LogP contribution in [0.2, 0.25) is 0 Å². The number of para-hydroxylation sites is 1. The van der Waals surface area contributed by atoms with Crippen molar-refractivity contribution in [1.82, 2.24) is 10.3 Å². The summed E-state index contributed by atoms with van der Waals surface area (Å²) in [5.41, 5.74) is 1.60. The fourth-order valence-corrected chi connectivity index (χ4v) is 2.90. The molecule has 0 aliphatic carbocycles. The Balaban J connectivity index is 1.99. The van der Waals surface area contributed by atoms with Crippen molar-refractivity contribution in [2.24, 2.45) is 0 Å². The molecular weight excluding hydrogens is 305 g/mol. The van der Waals surface area contributed by atoms with Crippen molar-refractivity contribution in [1.29, 1.82) is 0 Å². The molecule has 0 saturated heterocycles. The number of halogens is 3. The highest BCUT2D eigenvalue weighted by molar-refractivity contribution is 5.72. The number of pyridine rings is 1. The molecule has 0 unspecified atom stereocenters. The molecule has 0 amide bonds. The number of rotatable bonds is 3. The van der Waals surface area contributed by atoms with Gasteiger partial charge in [0.1, 0.15) is 11.4 Å². The first kappa shape index (κ1) is 15.8. The van der Waals surface area contributed by atoms with E-state index in [1.54, 1.807) is 0 Å². The van der Waals surface area contributed by atoms with Crippen molar-refractivity contribution >= 4 is 0 Å². The zero-order valence-electron chi connectivity index (χ0n) is 12.7. The van der Waals surface area contributed by atoms with Gasteiger partial charge in [0.05, 0.1) is 6.61 Å². The topological polar surface area (TPSA) is 34.1 Å². The smallest absolute Gasteiger partial charge is 0.433 e. The molecule has 1 aliphatic rings. The molecule has 122 valence electrons. The van der Waals surface area contributed by atoms with Gasteiger partial charge in [-0.25, -0.2) is 0 Å². The summed E-state index contributed by atoms with van der Waals surface area (Å²) in [5.74, 6) is 1.09. The van der Waals surface area contributed by atoms with Gasteiger partial charge in [-0.2, -0.15) is 13.2 Å². The van der Waals surface area contributed by atoms with Gasteiger partial charge in [0.15, 0.2) is 0 Å². The second-order valence-corrected chi connectivity index (χ2v) is 5.55. The van der Waals surface area contributed by atoms with Crippen LogP contribution < -0.4 is 10.1 Å². The Bertz CT molecular complexity index is 683. The predicted octanol–water partition coefficient (Wildman–Crippen LogP) is 3.85. The molecule has 1 N–H and O–H groups in total. The lowest BCUT2D eigenvalue weighted by Gasteiger charge is -2.27. The van der Waals surface area contributed by atoms with E-state index in [9.17, 15) is 13.2 Å². The van der Waals surface area contributed by atoms with E-state index >= 15 is 0 Å². The summed E-state index contributed by atoms with van der Waals surface area (Å²) in [4.78, 5) is 3.54. The SMILES string of the molecule is CNC[C@@H]1CCOc2c(-c3ccc(C(F)(F)F)nc3)cccc21. The molecule has 0 spiro atoms. The summed E-state index contributed by atoms with van der Waals surface area (Å²) in [7, 11) is 1.90. The molecule has 1 aromatic carbocycles. The monoisotopic (exact) mass is 322 g/mol. The molecule has 0 radical (unpaired) electrons. The second kappa shape index (κ2) is 6.20. The van der Waals surface area contributed by atoms with Crippen LogP contribution in [-0.2, 0) is 6.18 Å². The molecule has 3 nitrogen and oxygen atoms in total. The maximum atomic E-state index is 12.6. The number of hydrogen-bond acceptors (Lipinski definition) is 3. The van der Waals surface area contributed by atoms with E-state index in [0.717, 1.165) is 35.9 Å². The van der Waals surface area contributed by atoms with E-state index in [1.165, 1.54) is 12.3 Å². The molecule has 3 rings (SSSR count). The van der Waals surface area contributed by atoms with Gasteiger partial charge in [-0.1, -0.05) is 24.3 Å². The Morgan fingerprint density at radius 2 is 2.09 bits per heavy atom. The Labute approximate surface area is 132 Å². The van der Waals surface area contributed by atoms with E-state index in [0.29, 0.717) is 18.1 Å². The largest absolute Gasteiger partial charge is 0.493 e. The summed E-state index contributed by atoms with van der Waals surface area (Å²) in [6, 6.07) is 8.21. The Morgan fingerprint density at radius 1 is 1.26 bits per heavy atom. The standard InChI is InChI=1S/C17H17F3N2O/c1-21-9-12-7-8-23-16-13(3-2-4-14(12)16)11-5-6-15(22-10-11)17(18,19)20/h2-6,10,12,21H,7-9H2,1H3/t12-/m0/s1. The third-order valence-electron chi connectivity index (χ3n) is 4.01. The molecule has 23 heavy (non-hydrogen) atoms. The van der Waals surface area contributed by atoms with E-state index < -0.39 is 11.9 Å². The van der Waals surface area contributed by atoms with Crippen LogP contribution >= 0.6 is 0 Å². The average molecular weight is 322 g/mol. The lowest BCUT2D eigenvalue weighted by Crippen LogP contribution is -2.23. The number of hydrogen-bond donors (Lipinski definition) is 1. The van der Waals surface area contributed by atoms with Crippen LogP contribution in [0.25, 0.3) is 11.1 Å². The quantitative estimate of drug-likeness (QED) is 0.932. The normalized spacial score (nSPS) is 17.5. The lowest BCUT2D eigenvalue weighted by molar-refractivity contribution is -0.141. The van der Waals surface area contributed by atoms with Crippen LogP contribution in [0, 0.1) is 0 Å². The van der Waals surface area contributed by atoms with Crippen LogP contribution in [0.15, 0.2) is 36.5 Å². The number of aromatic nitrogens is 1. The molecular formula is C17H17F3N2O. The summed E-state index contributed by atoms with van der Waals surface area (Å²) in [6.07, 6.45) is -2.25. The van der Waals surface area contributed by atoms with E-state index in [-0.39, 0.29) is 0 Å². The number of alkyl halides is 3. The van der Waals surface area contributed by atoms with E-state index in [1.807, 2.05) is 25.2 Å². The average Bonchev–Trinajstić information content (AvgIpc) is 2.54. The fourth-order valence-electron chi connectivity index (χ4n) is 2.90. The first-order valence-corrected chi connectivity index (χ1v) is 7.44. The molecule has 1 aromatic heterocycles. The maximum absolute atomic E-state index is 12.6. The minimum absolute atomic E-state index is 0.339. The van der Waals surface area contributed by atoms with Gasteiger partial charge in [-0.05, 0) is 25.1 Å². The number of fused-ring (bicyclic) bond motifs is 1. The Hall–Kier alpha value is -2.08. The molecule has 0 saturated carbocycles. The third-order valence-corrected chi connectivity index (χ3v) is 4.01. The Kier molecular flexibility index (Phi) is 4.26. The maximum Gasteiger partial charge on any atom is 0.433 e. The van der Waals surface area contributed by atoms with Gasteiger partial charge in [-0.15, -0.1) is 0 Å². The van der Waals surface area contributed by atoms with Crippen LogP contribution in [0.3, 0.4) is 0 Å². The van der Waals surface area contributed by atoms with Crippen LogP contribution in [-0.4, -0.2) is 25.2 Å². The molecule has 1 atom stereocenters. The van der Waals surface area contributed by atoms with Gasteiger partial charge >= 0.3 is 6.18 Å². The predicted molar refractivity (Wildman–Crippen MR) is 81.5 cm³/mol. The van der Waals surface area contributed by atoms with Crippen LogP contribution in [0.1, 0.15) is 23.6 Å². The third kappa shape index (κ3) is 3.17. The first-order valence-electron chi connectivity index (χ1n) is 7.44. The minimum Gasteiger partial charge on any atom is -0.493 e. The van der Waals surface area contributed by atoms with Gasteiger partial charge in [-0.3, -0.25) is 4.98 Å². The van der Waals surface area contributed by atoms with Crippen molar-refractivity contribution in [3.05, 3.63) is 47.8 Å². The van der Waals surface area contributed by atoms with Crippen molar-refractivity contribution < 1.29 is 17.9 Å². The number of ether oxygens (including phenoxy) is 1. The van der Waals surface area contributed by atoms with Crippen molar-refractivity contribution in [3.8, 4) is 16.9 Å². The van der Waals surface area contributed by atoms with Crippen LogP contribution in [0.5, 0.6) is 5.75 Å². The van der Waals surface area contributed by atoms with Gasteiger partial charge < -0.3 is 10.1 Å². The highest BCUT2D eigenvalue weighted by atomic mass is 19.4. The van der Waals surface area contributed by atoms with Crippen molar-refractivity contribution in [2.75, 3.05) is 20.2 Å². The summed E-state index contributed by atoms with van der Waals surface area (Å²) in [5, 5.41) is 3.17. The molecule has 0 bridgehead atoms. The number of likely N-dealkylation sites (N-methyl/N-ethyl adjacent to an activating group) is 1. The zero-order valence-corrected chi connectivity index (χ0v) is 12.7. The highest BCUT2D eigenvalue weighted by Crippen LogP contribution is 2.41. The number of nitrogens with one attached hydrogen (secondary N) is 1. The van der Waals surface area contributed by atoms with Gasteiger partial charge in [0, 0.05) is 29.8 Å². The minimum atomic E-state index is -4.43. The molecule has 1 aliphatic heterocycles. The van der Waals surface area contributed by atoms with Crippen molar-refractivity contribution in [2.45, 2.75) is 18.5 Å². The second-order valence-electron chi connectivity index (χ2n) is 5.55. The highest BCUT2D eigenvalue weighted by Gasteiger charge is 2.32. The molecule has 0 fully saturated rings. The molecule has 6 heteroatoms. The number of nitrogens with zero attached hydrogens (tertiary/aromatic N) is 1. The lowest BCUT2D eigenvalue weighted by atomic mass is 9.90. The number of benzene rings is 1. The summed E-state index contributed by atoms with van der Waals surface area (Å²) >= 11 is 0. The molecule has 2 heterocycles. The van der Waals surface area contributed by atoms with Crippen molar-refractivity contribution in [3.63, 3.8) is 0 Å². The van der Waals surface area contributed by atoms with Gasteiger partial charge in [0.2, 0.25) is 0 Å². The van der Waals surface area contributed by atoms with E-state index in [4.69, 9.17) is 4.74 Å². The Morgan fingerprint density at radius 3 is 2.74 bits per heavy atom. The summed E-state index contributed by atoms with van der Waals surface area (Å²) < 4.78 is 43.7. The fraction of sp³-hybridized carbons (Fsp3) is 0.353. The molecule has 2 aromatic rings. The van der Waals surface area contributed by atoms with E-state index in [2.05, 4.69) is 10.3 Å².